The molecule has 2 unspecified atom stereocenters. The second kappa shape index (κ2) is 43.9. The van der Waals surface area contributed by atoms with Gasteiger partial charge in [-0.25, -0.2) is 4.79 Å². The van der Waals surface area contributed by atoms with Crippen molar-refractivity contribution in [2.75, 3.05) is 86.1 Å². The lowest BCUT2D eigenvalue weighted by molar-refractivity contribution is -0.142. The van der Waals surface area contributed by atoms with Crippen molar-refractivity contribution >= 4 is 35.9 Å². The molecule has 0 radical (unpaired) electrons. The van der Waals surface area contributed by atoms with E-state index in [-0.39, 0.29) is 56.6 Å². The largest absolute Gasteiger partial charge is 0.481 e. The number of likely N-dealkylation sites (N-methyl/N-ethyl adjacent to an activating group) is 1. The van der Waals surface area contributed by atoms with E-state index >= 15 is 0 Å². The van der Waals surface area contributed by atoms with E-state index in [1.165, 1.54) is 44.9 Å². The summed E-state index contributed by atoms with van der Waals surface area (Å²) < 4.78 is 21.5. The van der Waals surface area contributed by atoms with Crippen molar-refractivity contribution in [1.82, 2.24) is 26.6 Å². The third-order valence-corrected chi connectivity index (χ3v) is 9.78. The van der Waals surface area contributed by atoms with Gasteiger partial charge in [0.05, 0.1) is 45.7 Å². The molecule has 0 aliphatic rings. The van der Waals surface area contributed by atoms with Crippen LogP contribution in [0.15, 0.2) is 0 Å². The fourth-order valence-corrected chi connectivity index (χ4v) is 6.22. The molecule has 2 atom stereocenters. The quantitative estimate of drug-likeness (QED) is 0.0340. The first-order valence-corrected chi connectivity index (χ1v) is 22.6. The van der Waals surface area contributed by atoms with Crippen molar-refractivity contribution in [2.24, 2.45) is 0 Å². The number of carbonyl (C=O) groups is 6. The van der Waals surface area contributed by atoms with Crippen LogP contribution in [0.4, 0.5) is 0 Å². The lowest BCUT2D eigenvalue weighted by atomic mass is 10.0. The lowest BCUT2D eigenvalue weighted by Gasteiger charge is -2.15. The van der Waals surface area contributed by atoms with Gasteiger partial charge in [-0.05, 0) is 52.1 Å². The monoisotopic (exact) mass is 860 g/mol. The van der Waals surface area contributed by atoms with Crippen LogP contribution in [-0.4, -0.2) is 144 Å². The van der Waals surface area contributed by atoms with Crippen molar-refractivity contribution in [3.05, 3.63) is 0 Å². The number of unbranched alkanes of at least 4 members (excludes halogenated alkanes) is 15. The summed E-state index contributed by atoms with van der Waals surface area (Å²) in [5.41, 5.74) is 0. The second-order valence-corrected chi connectivity index (χ2v) is 15.1. The fourth-order valence-electron chi connectivity index (χ4n) is 6.22. The number of carbonyl (C=O) groups excluding carboxylic acids is 4. The molecule has 0 aromatic rings. The molecule has 17 heteroatoms. The number of hydrogen-bond donors (Lipinski definition) is 7. The van der Waals surface area contributed by atoms with Crippen molar-refractivity contribution in [3.63, 3.8) is 0 Å². The number of carboxylic acids is 2. The number of nitrogens with one attached hydrogen (secondary N) is 5. The Morgan fingerprint density at radius 3 is 1.50 bits per heavy atom. The molecule has 0 fully saturated rings. The van der Waals surface area contributed by atoms with E-state index in [4.69, 9.17) is 24.1 Å². The zero-order valence-corrected chi connectivity index (χ0v) is 36.8. The van der Waals surface area contributed by atoms with Crippen LogP contribution in [0.1, 0.15) is 141 Å². The highest BCUT2D eigenvalue weighted by atomic mass is 16.5. The minimum atomic E-state index is -1.03. The number of hydrogen-bond acceptors (Lipinski definition) is 12. The van der Waals surface area contributed by atoms with Gasteiger partial charge in [-0.15, -0.1) is 0 Å². The molecule has 0 rings (SSSR count). The number of aliphatic carboxylic acids is 2. The summed E-state index contributed by atoms with van der Waals surface area (Å²) in [5.74, 6) is -2.40. The third-order valence-electron chi connectivity index (χ3n) is 9.78. The standard InChI is InChI=1S/C43H81N5O12/c1-44-37(34-49)20-15-14-18-25-46-40(51)35-59-33-31-58-29-27-47-41(52)36-60-32-30-57-28-26-45-24-19-21-38(43(55)56)48-39(50)22-16-12-10-8-6-4-2-3-5-7-9-11-13-17-23-42(53)54/h34,37-38,44-45H,2-33,35-36H2,1H3,(H,46,51)(H,47,52)(H,48,50)(H,53,54)(H,55,56). The molecular formula is C43H81N5O12. The molecule has 0 heterocycles. The number of carboxylic acid groups (broad SMARTS) is 2. The zero-order chi connectivity index (χ0) is 44.2. The van der Waals surface area contributed by atoms with Crippen molar-refractivity contribution in [2.45, 2.75) is 153 Å². The summed E-state index contributed by atoms with van der Waals surface area (Å²) in [6.45, 7) is 3.78. The first-order valence-electron chi connectivity index (χ1n) is 22.6. The molecule has 0 aromatic heterocycles. The van der Waals surface area contributed by atoms with Gasteiger partial charge >= 0.3 is 11.9 Å². The topological polar surface area (TPSA) is 240 Å². The maximum absolute atomic E-state index is 12.3. The van der Waals surface area contributed by atoms with Crippen molar-refractivity contribution in [1.29, 1.82) is 0 Å². The van der Waals surface area contributed by atoms with E-state index in [1.807, 2.05) is 0 Å². The van der Waals surface area contributed by atoms with Gasteiger partial charge in [0.25, 0.3) is 0 Å². The van der Waals surface area contributed by atoms with E-state index in [0.717, 1.165) is 76.9 Å². The van der Waals surface area contributed by atoms with Gasteiger partial charge in [-0.2, -0.15) is 0 Å². The van der Waals surface area contributed by atoms with Gasteiger partial charge in [0.1, 0.15) is 25.5 Å². The number of ether oxygens (including phenoxy) is 4. The number of rotatable bonds is 47. The SMILES string of the molecule is CNC(C=O)CCCCCNC(=O)COCCOCCNC(=O)COCCOCCNCCCC(NC(=O)CCCCCCCCCCCCCCCCC(=O)O)C(=O)O. The van der Waals surface area contributed by atoms with Crippen LogP contribution in [0.5, 0.6) is 0 Å². The minimum Gasteiger partial charge on any atom is -0.481 e. The van der Waals surface area contributed by atoms with Gasteiger partial charge in [-0.1, -0.05) is 89.9 Å². The summed E-state index contributed by atoms with van der Waals surface area (Å²) in [4.78, 5) is 69.0. The Labute approximate surface area is 359 Å². The number of amides is 3. The van der Waals surface area contributed by atoms with Crippen LogP contribution < -0.4 is 26.6 Å². The van der Waals surface area contributed by atoms with E-state index in [0.29, 0.717) is 71.9 Å². The maximum atomic E-state index is 12.3. The smallest absolute Gasteiger partial charge is 0.326 e. The Hall–Kier alpha value is -3.22. The van der Waals surface area contributed by atoms with E-state index in [2.05, 4.69) is 26.6 Å². The lowest BCUT2D eigenvalue weighted by Crippen LogP contribution is -2.41. The highest BCUT2D eigenvalue weighted by molar-refractivity contribution is 5.83. The molecule has 0 spiro atoms. The molecular weight excluding hydrogens is 778 g/mol. The Morgan fingerprint density at radius 1 is 0.500 bits per heavy atom. The Morgan fingerprint density at radius 2 is 0.983 bits per heavy atom. The van der Waals surface area contributed by atoms with Gasteiger partial charge < -0.3 is 60.5 Å². The summed E-state index contributed by atoms with van der Waals surface area (Å²) in [6.07, 6.45) is 21.4. The average molecular weight is 860 g/mol. The van der Waals surface area contributed by atoms with Crippen LogP contribution in [-0.2, 0) is 47.7 Å². The molecule has 0 saturated heterocycles. The molecule has 0 saturated carbocycles. The molecule has 0 aliphatic heterocycles. The van der Waals surface area contributed by atoms with Gasteiger partial charge in [0.15, 0.2) is 0 Å². The summed E-state index contributed by atoms with van der Waals surface area (Å²) in [5, 5.41) is 32.5. The zero-order valence-electron chi connectivity index (χ0n) is 36.8. The molecule has 0 aromatic carbocycles. The Bertz CT molecular complexity index is 1090. The minimum absolute atomic E-state index is 0.0461. The molecule has 17 nitrogen and oxygen atoms in total. The van der Waals surface area contributed by atoms with Gasteiger partial charge in [-0.3, -0.25) is 19.2 Å². The van der Waals surface area contributed by atoms with Crippen LogP contribution in [0.3, 0.4) is 0 Å². The predicted molar refractivity (Wildman–Crippen MR) is 230 cm³/mol. The first-order chi connectivity index (χ1) is 29.2. The fraction of sp³-hybridized carbons (Fsp3) is 0.860. The summed E-state index contributed by atoms with van der Waals surface area (Å²) in [6, 6.07) is -1.01. The van der Waals surface area contributed by atoms with Crippen molar-refractivity contribution in [3.8, 4) is 0 Å². The molecule has 0 aliphatic carbocycles. The summed E-state index contributed by atoms with van der Waals surface area (Å²) in [7, 11) is 1.76. The highest BCUT2D eigenvalue weighted by Crippen LogP contribution is 2.14. The van der Waals surface area contributed by atoms with Crippen LogP contribution in [0.25, 0.3) is 0 Å². The van der Waals surface area contributed by atoms with Gasteiger partial charge in [0.2, 0.25) is 17.7 Å². The summed E-state index contributed by atoms with van der Waals surface area (Å²) >= 11 is 0. The maximum Gasteiger partial charge on any atom is 0.326 e. The normalized spacial score (nSPS) is 12.2. The predicted octanol–water partition coefficient (Wildman–Crippen LogP) is 3.90. The molecule has 0 bridgehead atoms. The second-order valence-electron chi connectivity index (χ2n) is 15.1. The first kappa shape index (κ1) is 56.8. The van der Waals surface area contributed by atoms with Crippen molar-refractivity contribution < 1.29 is 57.9 Å². The van der Waals surface area contributed by atoms with Crippen LogP contribution in [0, 0.1) is 0 Å². The van der Waals surface area contributed by atoms with Crippen LogP contribution >= 0.6 is 0 Å². The highest BCUT2D eigenvalue weighted by Gasteiger charge is 2.19. The molecule has 60 heavy (non-hydrogen) atoms. The number of aldehydes is 1. The van der Waals surface area contributed by atoms with E-state index < -0.39 is 18.0 Å². The Kier molecular flexibility index (Phi) is 41.5. The average Bonchev–Trinajstić information content (AvgIpc) is 3.22. The Balaban J connectivity index is 3.54. The van der Waals surface area contributed by atoms with Gasteiger partial charge in [0, 0.05) is 32.5 Å². The van der Waals surface area contributed by atoms with E-state index in [9.17, 15) is 33.9 Å². The van der Waals surface area contributed by atoms with E-state index in [1.54, 1.807) is 7.05 Å². The third kappa shape index (κ3) is 41.5. The molecule has 7 N–H and O–H groups in total. The molecule has 3 amide bonds. The van der Waals surface area contributed by atoms with Crippen LogP contribution in [0.2, 0.25) is 0 Å². The molecule has 350 valence electrons.